The minimum absolute atomic E-state index is 0.208. The van der Waals surface area contributed by atoms with Crippen molar-refractivity contribution in [3.63, 3.8) is 0 Å². The molecule has 0 amide bonds. The van der Waals surface area contributed by atoms with E-state index in [0.717, 1.165) is 36.1 Å². The van der Waals surface area contributed by atoms with Gasteiger partial charge in [0, 0.05) is 5.92 Å². The average Bonchev–Trinajstić information content (AvgIpc) is 2.35. The van der Waals surface area contributed by atoms with Gasteiger partial charge >= 0.3 is 0 Å². The molecule has 2 nitrogen and oxygen atoms in total. The Morgan fingerprint density at radius 3 is 3.06 bits per heavy atom. The normalized spacial score (nSPS) is 20.2. The quantitative estimate of drug-likeness (QED) is 0.807. The highest BCUT2D eigenvalue weighted by molar-refractivity contribution is 5.38. The molecule has 0 radical (unpaired) electrons. The number of fused-ring (bicyclic) bond motifs is 1. The van der Waals surface area contributed by atoms with E-state index in [-0.39, 0.29) is 12.0 Å². The summed E-state index contributed by atoms with van der Waals surface area (Å²) in [6.07, 6.45) is 2.28. The molecule has 2 rings (SSSR count). The zero-order valence-electron chi connectivity index (χ0n) is 10.4. The van der Waals surface area contributed by atoms with Crippen molar-refractivity contribution < 1.29 is 9.84 Å². The highest BCUT2D eigenvalue weighted by Gasteiger charge is 2.26. The summed E-state index contributed by atoms with van der Waals surface area (Å²) < 4.78 is 5.60. The van der Waals surface area contributed by atoms with Gasteiger partial charge in [0.15, 0.2) is 0 Å². The van der Waals surface area contributed by atoms with Gasteiger partial charge in [-0.1, -0.05) is 23.8 Å². The second kappa shape index (κ2) is 5.37. The number of rotatable bonds is 4. The standard InChI is InChI=1S/C15H20O2/c1-11(2)7-8-14(16)12-9-10-17-15-6-4-3-5-13(12)15/h3-6,12,14,16H,1,7-10H2,2H3. The van der Waals surface area contributed by atoms with Crippen molar-refractivity contribution in [3.8, 4) is 5.75 Å². The van der Waals surface area contributed by atoms with Crippen molar-refractivity contribution in [3.05, 3.63) is 42.0 Å². The Labute approximate surface area is 103 Å². The molecule has 0 aromatic heterocycles. The highest BCUT2D eigenvalue weighted by atomic mass is 16.5. The molecule has 2 unspecified atom stereocenters. The summed E-state index contributed by atoms with van der Waals surface area (Å²) in [5.41, 5.74) is 2.28. The summed E-state index contributed by atoms with van der Waals surface area (Å²) in [6.45, 7) is 6.59. The van der Waals surface area contributed by atoms with Crippen molar-refractivity contribution >= 4 is 0 Å². The van der Waals surface area contributed by atoms with E-state index in [9.17, 15) is 5.11 Å². The molecule has 17 heavy (non-hydrogen) atoms. The van der Waals surface area contributed by atoms with Crippen molar-refractivity contribution in [1.29, 1.82) is 0 Å². The molecule has 1 heterocycles. The molecule has 0 saturated carbocycles. The minimum atomic E-state index is -0.295. The monoisotopic (exact) mass is 232 g/mol. The van der Waals surface area contributed by atoms with Crippen LogP contribution in [-0.2, 0) is 0 Å². The van der Waals surface area contributed by atoms with Crippen LogP contribution in [0.3, 0.4) is 0 Å². The smallest absolute Gasteiger partial charge is 0.122 e. The Hall–Kier alpha value is -1.28. The van der Waals surface area contributed by atoms with Crippen LogP contribution in [0.4, 0.5) is 0 Å². The van der Waals surface area contributed by atoms with E-state index >= 15 is 0 Å². The predicted octanol–water partition coefficient (Wildman–Crippen LogP) is 3.27. The van der Waals surface area contributed by atoms with Gasteiger partial charge in [-0.2, -0.15) is 0 Å². The number of hydrogen-bond donors (Lipinski definition) is 1. The van der Waals surface area contributed by atoms with Crippen LogP contribution in [0.15, 0.2) is 36.4 Å². The Balaban J connectivity index is 2.09. The van der Waals surface area contributed by atoms with Gasteiger partial charge < -0.3 is 9.84 Å². The lowest BCUT2D eigenvalue weighted by Crippen LogP contribution is -2.25. The average molecular weight is 232 g/mol. The lowest BCUT2D eigenvalue weighted by atomic mass is 9.86. The van der Waals surface area contributed by atoms with E-state index in [1.165, 1.54) is 0 Å². The molecule has 2 atom stereocenters. The first-order chi connectivity index (χ1) is 8.18. The van der Waals surface area contributed by atoms with Crippen LogP contribution in [0, 0.1) is 0 Å². The van der Waals surface area contributed by atoms with Gasteiger partial charge in [-0.3, -0.25) is 0 Å². The third-order valence-corrected chi connectivity index (χ3v) is 3.34. The van der Waals surface area contributed by atoms with Gasteiger partial charge in [0.25, 0.3) is 0 Å². The fourth-order valence-electron chi connectivity index (χ4n) is 2.36. The number of aliphatic hydroxyl groups excluding tert-OH is 1. The number of para-hydroxylation sites is 1. The molecule has 1 aliphatic heterocycles. The fourth-order valence-corrected chi connectivity index (χ4v) is 2.36. The van der Waals surface area contributed by atoms with E-state index in [4.69, 9.17) is 4.74 Å². The van der Waals surface area contributed by atoms with Crippen LogP contribution in [0.1, 0.15) is 37.7 Å². The Bertz CT molecular complexity index is 398. The van der Waals surface area contributed by atoms with Crippen molar-refractivity contribution in [2.24, 2.45) is 0 Å². The van der Waals surface area contributed by atoms with Crippen LogP contribution in [0.5, 0.6) is 5.75 Å². The maximum absolute atomic E-state index is 10.3. The zero-order chi connectivity index (χ0) is 12.3. The molecule has 1 aromatic carbocycles. The molecule has 0 aliphatic carbocycles. The molecule has 0 bridgehead atoms. The van der Waals surface area contributed by atoms with Crippen LogP contribution >= 0.6 is 0 Å². The van der Waals surface area contributed by atoms with Crippen LogP contribution in [0.25, 0.3) is 0 Å². The summed E-state index contributed by atoms with van der Waals surface area (Å²) in [6, 6.07) is 8.02. The first-order valence-electron chi connectivity index (χ1n) is 6.22. The van der Waals surface area contributed by atoms with Crippen LogP contribution < -0.4 is 4.74 Å². The molecule has 1 N–H and O–H groups in total. The number of ether oxygens (including phenoxy) is 1. The van der Waals surface area contributed by atoms with Crippen molar-refractivity contribution in [1.82, 2.24) is 0 Å². The molecule has 2 heteroatoms. The van der Waals surface area contributed by atoms with E-state index in [0.29, 0.717) is 6.61 Å². The molecular weight excluding hydrogens is 212 g/mol. The number of benzene rings is 1. The van der Waals surface area contributed by atoms with Gasteiger partial charge in [0.2, 0.25) is 0 Å². The molecule has 92 valence electrons. The maximum Gasteiger partial charge on any atom is 0.122 e. The molecule has 0 spiro atoms. The van der Waals surface area contributed by atoms with Gasteiger partial charge in [-0.25, -0.2) is 0 Å². The molecule has 1 aliphatic rings. The van der Waals surface area contributed by atoms with E-state index in [1.807, 2.05) is 25.1 Å². The van der Waals surface area contributed by atoms with Gasteiger partial charge in [0.05, 0.1) is 12.7 Å². The second-order valence-corrected chi connectivity index (χ2v) is 4.84. The van der Waals surface area contributed by atoms with E-state index in [2.05, 4.69) is 12.6 Å². The van der Waals surface area contributed by atoms with Crippen LogP contribution in [-0.4, -0.2) is 17.8 Å². The topological polar surface area (TPSA) is 29.5 Å². The molecule has 1 aromatic rings. The summed E-state index contributed by atoms with van der Waals surface area (Å²) in [5, 5.41) is 10.3. The Morgan fingerprint density at radius 1 is 1.53 bits per heavy atom. The number of hydrogen-bond acceptors (Lipinski definition) is 2. The lowest BCUT2D eigenvalue weighted by molar-refractivity contribution is 0.109. The third-order valence-electron chi connectivity index (χ3n) is 3.34. The van der Waals surface area contributed by atoms with Gasteiger partial charge in [-0.15, -0.1) is 6.58 Å². The summed E-state index contributed by atoms with van der Waals surface area (Å²) >= 11 is 0. The van der Waals surface area contributed by atoms with Gasteiger partial charge in [-0.05, 0) is 37.8 Å². The molecule has 0 fully saturated rings. The third kappa shape index (κ3) is 2.89. The Kier molecular flexibility index (Phi) is 3.85. The second-order valence-electron chi connectivity index (χ2n) is 4.84. The molecular formula is C15H20O2. The van der Waals surface area contributed by atoms with Gasteiger partial charge in [0.1, 0.15) is 5.75 Å². The number of aliphatic hydroxyl groups is 1. The first-order valence-corrected chi connectivity index (χ1v) is 6.22. The lowest BCUT2D eigenvalue weighted by Gasteiger charge is -2.29. The maximum atomic E-state index is 10.3. The SMILES string of the molecule is C=C(C)CCC(O)C1CCOc2ccccc21. The fraction of sp³-hybridized carbons (Fsp3) is 0.467. The van der Waals surface area contributed by atoms with E-state index < -0.39 is 0 Å². The minimum Gasteiger partial charge on any atom is -0.493 e. The van der Waals surface area contributed by atoms with Crippen LogP contribution in [0.2, 0.25) is 0 Å². The summed E-state index contributed by atoms with van der Waals surface area (Å²) in [4.78, 5) is 0. The first kappa shape index (κ1) is 12.2. The summed E-state index contributed by atoms with van der Waals surface area (Å²) in [7, 11) is 0. The van der Waals surface area contributed by atoms with E-state index in [1.54, 1.807) is 0 Å². The van der Waals surface area contributed by atoms with Crippen molar-refractivity contribution in [2.45, 2.75) is 38.2 Å². The Morgan fingerprint density at radius 2 is 2.29 bits per heavy atom. The summed E-state index contributed by atoms with van der Waals surface area (Å²) in [5.74, 6) is 1.14. The largest absolute Gasteiger partial charge is 0.493 e. The predicted molar refractivity (Wildman–Crippen MR) is 69.3 cm³/mol. The highest BCUT2D eigenvalue weighted by Crippen LogP contribution is 2.36. The van der Waals surface area contributed by atoms with Crippen molar-refractivity contribution in [2.75, 3.05) is 6.61 Å². The zero-order valence-corrected chi connectivity index (χ0v) is 10.4. The molecule has 0 saturated heterocycles. The number of allylic oxidation sites excluding steroid dienone is 1.